The number of fused-ring (bicyclic) bond motifs is 2. The Kier molecular flexibility index (Phi) is 4.23. The van der Waals surface area contributed by atoms with Gasteiger partial charge in [0.2, 0.25) is 0 Å². The lowest BCUT2D eigenvalue weighted by Gasteiger charge is -2.21. The molecule has 0 radical (unpaired) electrons. The first-order chi connectivity index (χ1) is 12.1. The topological polar surface area (TPSA) is 77.6 Å². The van der Waals surface area contributed by atoms with Crippen LogP contribution in [0.2, 0.25) is 5.02 Å². The van der Waals surface area contributed by atoms with Crippen LogP contribution in [0.15, 0.2) is 23.0 Å². The number of hydrogen-bond acceptors (Lipinski definition) is 5. The van der Waals surface area contributed by atoms with Crippen LogP contribution >= 0.6 is 11.6 Å². The highest BCUT2D eigenvalue weighted by Gasteiger charge is 2.21. The van der Waals surface area contributed by atoms with Gasteiger partial charge in [0.1, 0.15) is 17.9 Å². The highest BCUT2D eigenvalue weighted by Crippen LogP contribution is 2.32. The van der Waals surface area contributed by atoms with Gasteiger partial charge in [-0.2, -0.15) is 0 Å². The number of hydrogen-bond donors (Lipinski definition) is 1. The van der Waals surface area contributed by atoms with Crippen molar-refractivity contribution in [3.8, 4) is 5.75 Å². The molecule has 0 atom stereocenters. The van der Waals surface area contributed by atoms with Crippen LogP contribution in [0.3, 0.4) is 0 Å². The lowest BCUT2D eigenvalue weighted by atomic mass is 10.1. The Morgan fingerprint density at radius 1 is 1.24 bits per heavy atom. The van der Waals surface area contributed by atoms with Gasteiger partial charge in [0, 0.05) is 21.8 Å². The summed E-state index contributed by atoms with van der Waals surface area (Å²) >= 11 is 6.10. The standard InChI is InChI=1S/C18H16ClNO5/c19-13-4-11-7-23-9-25-16(11)12(5-13)8-24-18(22)14-6-10-2-1-3-15(10)20-17(14)21/h4-6H,1-3,7-9H2,(H,20,21). The molecule has 2 aromatic rings. The second-order valence-corrected chi connectivity index (χ2v) is 6.55. The summed E-state index contributed by atoms with van der Waals surface area (Å²) in [6.45, 7) is 0.500. The van der Waals surface area contributed by atoms with E-state index in [2.05, 4.69) is 4.98 Å². The Morgan fingerprint density at radius 3 is 3.00 bits per heavy atom. The summed E-state index contributed by atoms with van der Waals surface area (Å²) in [4.78, 5) is 27.2. The van der Waals surface area contributed by atoms with Crippen molar-refractivity contribution in [3.63, 3.8) is 0 Å². The third kappa shape index (κ3) is 3.15. The minimum atomic E-state index is -0.656. The second kappa shape index (κ2) is 6.54. The smallest absolute Gasteiger partial charge is 0.344 e. The first-order valence-electron chi connectivity index (χ1n) is 8.06. The zero-order valence-electron chi connectivity index (χ0n) is 13.4. The van der Waals surface area contributed by atoms with Gasteiger partial charge in [0.15, 0.2) is 6.79 Å². The predicted molar refractivity (Wildman–Crippen MR) is 89.9 cm³/mol. The van der Waals surface area contributed by atoms with Crippen LogP contribution in [-0.4, -0.2) is 17.7 Å². The second-order valence-electron chi connectivity index (χ2n) is 6.11. The third-order valence-corrected chi connectivity index (χ3v) is 4.64. The minimum absolute atomic E-state index is 0.0285. The fraction of sp³-hybridized carbons (Fsp3) is 0.333. The highest BCUT2D eigenvalue weighted by atomic mass is 35.5. The molecular formula is C18H16ClNO5. The number of carbonyl (C=O) groups excluding carboxylic acids is 1. The third-order valence-electron chi connectivity index (χ3n) is 4.42. The lowest BCUT2D eigenvalue weighted by Crippen LogP contribution is -2.21. The summed E-state index contributed by atoms with van der Waals surface area (Å²) in [6, 6.07) is 5.08. The summed E-state index contributed by atoms with van der Waals surface area (Å²) in [5.74, 6) is -0.0388. The molecule has 25 heavy (non-hydrogen) atoms. The van der Waals surface area contributed by atoms with Crippen LogP contribution in [0, 0.1) is 0 Å². The summed E-state index contributed by atoms with van der Waals surface area (Å²) in [7, 11) is 0. The minimum Gasteiger partial charge on any atom is -0.467 e. The van der Waals surface area contributed by atoms with Gasteiger partial charge >= 0.3 is 5.97 Å². The molecule has 0 amide bonds. The van der Waals surface area contributed by atoms with E-state index in [1.807, 2.05) is 0 Å². The Hall–Kier alpha value is -2.31. The maximum atomic E-state index is 12.4. The van der Waals surface area contributed by atoms with Crippen molar-refractivity contribution >= 4 is 17.6 Å². The summed E-state index contributed by atoms with van der Waals surface area (Å²) < 4.78 is 16.1. The Bertz CT molecular complexity index is 905. The van der Waals surface area contributed by atoms with Crippen LogP contribution in [-0.2, 0) is 35.5 Å². The fourth-order valence-corrected chi connectivity index (χ4v) is 3.51. The number of H-pyrrole nitrogens is 1. The molecule has 0 saturated heterocycles. The summed E-state index contributed by atoms with van der Waals surface area (Å²) in [6.07, 6.45) is 2.69. The van der Waals surface area contributed by atoms with Crippen LogP contribution < -0.4 is 10.3 Å². The van der Waals surface area contributed by atoms with E-state index in [9.17, 15) is 9.59 Å². The molecule has 1 aliphatic carbocycles. The van der Waals surface area contributed by atoms with E-state index in [1.54, 1.807) is 18.2 Å². The number of esters is 1. The zero-order chi connectivity index (χ0) is 17.4. The molecule has 130 valence electrons. The molecule has 2 heterocycles. The van der Waals surface area contributed by atoms with E-state index in [1.165, 1.54) is 0 Å². The van der Waals surface area contributed by atoms with Crippen molar-refractivity contribution in [2.45, 2.75) is 32.5 Å². The summed E-state index contributed by atoms with van der Waals surface area (Å²) in [5, 5.41) is 0.509. The number of pyridine rings is 1. The number of aromatic amines is 1. The van der Waals surface area contributed by atoms with Crippen molar-refractivity contribution in [1.82, 2.24) is 4.98 Å². The van der Waals surface area contributed by atoms with E-state index >= 15 is 0 Å². The number of halogens is 1. The van der Waals surface area contributed by atoms with E-state index < -0.39 is 11.5 Å². The number of rotatable bonds is 3. The van der Waals surface area contributed by atoms with Crippen LogP contribution in [0.4, 0.5) is 0 Å². The molecule has 1 aromatic carbocycles. The summed E-state index contributed by atoms with van der Waals surface area (Å²) in [5.41, 5.74) is 2.99. The molecule has 2 aliphatic rings. The fourth-order valence-electron chi connectivity index (χ4n) is 3.25. The van der Waals surface area contributed by atoms with E-state index in [0.29, 0.717) is 22.9 Å². The molecule has 0 unspecified atom stereocenters. The Balaban J connectivity index is 1.55. The molecule has 0 fully saturated rings. The van der Waals surface area contributed by atoms with Gasteiger partial charge in [-0.15, -0.1) is 0 Å². The molecule has 1 aliphatic heterocycles. The molecule has 1 aromatic heterocycles. The predicted octanol–water partition coefficient (Wildman–Crippen LogP) is 2.74. The molecule has 7 heteroatoms. The lowest BCUT2D eigenvalue weighted by molar-refractivity contribution is -0.0180. The maximum Gasteiger partial charge on any atom is 0.344 e. The Morgan fingerprint density at radius 2 is 2.12 bits per heavy atom. The number of aromatic nitrogens is 1. The van der Waals surface area contributed by atoms with E-state index in [0.717, 1.165) is 36.1 Å². The van der Waals surface area contributed by atoms with Crippen LogP contribution in [0.1, 0.15) is 39.2 Å². The van der Waals surface area contributed by atoms with Gasteiger partial charge in [-0.1, -0.05) is 11.6 Å². The van der Waals surface area contributed by atoms with Crippen LogP contribution in [0.5, 0.6) is 5.75 Å². The van der Waals surface area contributed by atoms with Gasteiger partial charge in [0.05, 0.1) is 6.61 Å². The quantitative estimate of drug-likeness (QED) is 0.850. The van der Waals surface area contributed by atoms with Crippen molar-refractivity contribution in [1.29, 1.82) is 0 Å². The number of nitrogens with one attached hydrogen (secondary N) is 1. The first-order valence-corrected chi connectivity index (χ1v) is 8.43. The SMILES string of the molecule is O=C(OCc1cc(Cl)cc2c1OCOC2)c1cc2c([nH]c1=O)CCC2. The normalized spacial score (nSPS) is 15.2. The van der Waals surface area contributed by atoms with Crippen LogP contribution in [0.25, 0.3) is 0 Å². The number of aryl methyl sites for hydroxylation is 2. The molecule has 6 nitrogen and oxygen atoms in total. The average Bonchev–Trinajstić information content (AvgIpc) is 3.05. The largest absolute Gasteiger partial charge is 0.467 e. The maximum absolute atomic E-state index is 12.4. The van der Waals surface area contributed by atoms with Crippen molar-refractivity contribution in [2.24, 2.45) is 0 Å². The first kappa shape index (κ1) is 16.2. The molecule has 0 saturated carbocycles. The van der Waals surface area contributed by atoms with Crippen molar-refractivity contribution in [2.75, 3.05) is 6.79 Å². The molecule has 1 N–H and O–H groups in total. The van der Waals surface area contributed by atoms with Crippen molar-refractivity contribution in [3.05, 3.63) is 61.5 Å². The van der Waals surface area contributed by atoms with Gasteiger partial charge in [-0.25, -0.2) is 4.79 Å². The molecule has 4 rings (SSSR count). The number of benzene rings is 1. The van der Waals surface area contributed by atoms with Gasteiger partial charge in [0.25, 0.3) is 5.56 Å². The molecule has 0 bridgehead atoms. The van der Waals surface area contributed by atoms with Gasteiger partial charge in [-0.05, 0) is 43.0 Å². The molecular weight excluding hydrogens is 346 g/mol. The van der Waals surface area contributed by atoms with E-state index in [4.69, 9.17) is 25.8 Å². The van der Waals surface area contributed by atoms with Crippen molar-refractivity contribution < 1.29 is 19.0 Å². The highest BCUT2D eigenvalue weighted by molar-refractivity contribution is 6.30. The van der Waals surface area contributed by atoms with E-state index in [-0.39, 0.29) is 19.0 Å². The van der Waals surface area contributed by atoms with Gasteiger partial charge in [-0.3, -0.25) is 4.79 Å². The molecule has 0 spiro atoms. The monoisotopic (exact) mass is 361 g/mol. The number of ether oxygens (including phenoxy) is 3. The average molecular weight is 362 g/mol. The van der Waals surface area contributed by atoms with Gasteiger partial charge < -0.3 is 19.2 Å². The number of carbonyl (C=O) groups is 1. The zero-order valence-corrected chi connectivity index (χ0v) is 14.1. The Labute approximate surface area is 148 Å².